The first-order chi connectivity index (χ1) is 18.8. The molecule has 3 aliphatic heterocycles. The molecule has 0 spiro atoms. The summed E-state index contributed by atoms with van der Waals surface area (Å²) in [6.07, 6.45) is -0.456. The average molecular weight is 576 g/mol. The van der Waals surface area contributed by atoms with Crippen molar-refractivity contribution in [2.45, 2.75) is 58.3 Å². The third-order valence-electron chi connectivity index (χ3n) is 7.19. The number of carbonyl (C=O) groups excluding carboxylic acids is 2. The highest BCUT2D eigenvalue weighted by Crippen LogP contribution is 2.46. The van der Waals surface area contributed by atoms with Crippen molar-refractivity contribution in [2.24, 2.45) is 0 Å². The Morgan fingerprint density at radius 1 is 1.18 bits per heavy atom. The van der Waals surface area contributed by atoms with E-state index in [1.54, 1.807) is 30.6 Å². The number of aromatic hydroxyl groups is 1. The minimum Gasteiger partial charge on any atom is -0.507 e. The third-order valence-corrected chi connectivity index (χ3v) is 7.54. The molecule has 2 aromatic rings. The van der Waals surface area contributed by atoms with Crippen molar-refractivity contribution in [1.29, 1.82) is 0 Å². The van der Waals surface area contributed by atoms with Crippen LogP contribution in [0.3, 0.4) is 0 Å². The summed E-state index contributed by atoms with van der Waals surface area (Å²) < 4.78 is 26.8. The van der Waals surface area contributed by atoms with Crippen LogP contribution in [0.15, 0.2) is 18.2 Å². The molecule has 2 fully saturated rings. The van der Waals surface area contributed by atoms with Gasteiger partial charge < -0.3 is 34.6 Å². The van der Waals surface area contributed by atoms with E-state index < -0.39 is 23.6 Å². The van der Waals surface area contributed by atoms with Gasteiger partial charge in [-0.15, -0.1) is 0 Å². The fraction of sp³-hybridized carbons (Fsp3) is 0.536. The molecular formula is C28H35ClFN5O5. The predicted molar refractivity (Wildman–Crippen MR) is 149 cm³/mol. The van der Waals surface area contributed by atoms with E-state index in [9.17, 15) is 14.7 Å². The fourth-order valence-electron chi connectivity index (χ4n) is 5.58. The summed E-state index contributed by atoms with van der Waals surface area (Å²) >= 11 is 6.81. The molecule has 1 aromatic carbocycles. The SMILES string of the molecule is C[C@@H]1CN(c2nc(-c3c(O)cccc3F)c(Cl)c3c2C(=O)N2CCN(C(=O)OC(C)(C)C)CC2CO3)C[C@H](C)N1. The molecule has 2 saturated heterocycles. The van der Waals surface area contributed by atoms with Crippen LogP contribution in [0.2, 0.25) is 5.02 Å². The molecule has 216 valence electrons. The van der Waals surface area contributed by atoms with Crippen LogP contribution in [0.5, 0.6) is 11.5 Å². The number of carbonyl (C=O) groups is 2. The van der Waals surface area contributed by atoms with Crippen LogP contribution in [0.1, 0.15) is 45.0 Å². The van der Waals surface area contributed by atoms with Gasteiger partial charge in [0.2, 0.25) is 0 Å². The fourth-order valence-corrected chi connectivity index (χ4v) is 5.87. The number of ether oxygens (including phenoxy) is 2. The summed E-state index contributed by atoms with van der Waals surface area (Å²) in [5.74, 6) is -0.946. The zero-order valence-electron chi connectivity index (χ0n) is 23.3. The standard InChI is InChI=1S/C28H35ClFN5O5/c1-15-11-34(12-16(2)31-15)25-21-24(22(29)23(32-25)20-18(30)7-6-8-19(20)36)39-14-17-13-33(9-10-35(17)26(21)37)27(38)40-28(3,4)5/h6-8,15-17,31,36H,9-14H2,1-5H3/t15-,16+,17?. The molecule has 0 saturated carbocycles. The van der Waals surface area contributed by atoms with Gasteiger partial charge in [0.05, 0.1) is 11.6 Å². The maximum Gasteiger partial charge on any atom is 0.410 e. The topological polar surface area (TPSA) is 107 Å². The number of pyridine rings is 1. The molecule has 2 N–H and O–H groups in total. The molecule has 0 bridgehead atoms. The van der Waals surface area contributed by atoms with Gasteiger partial charge in [-0.3, -0.25) is 4.79 Å². The first kappa shape index (κ1) is 28.2. The number of nitrogens with one attached hydrogen (secondary N) is 1. The van der Waals surface area contributed by atoms with Gasteiger partial charge >= 0.3 is 6.09 Å². The van der Waals surface area contributed by atoms with E-state index in [1.165, 1.54) is 18.2 Å². The molecule has 1 unspecified atom stereocenters. The van der Waals surface area contributed by atoms with Gasteiger partial charge in [-0.25, -0.2) is 14.2 Å². The van der Waals surface area contributed by atoms with E-state index in [4.69, 9.17) is 26.1 Å². The van der Waals surface area contributed by atoms with E-state index >= 15 is 4.39 Å². The highest BCUT2D eigenvalue weighted by Gasteiger charge is 2.42. The highest BCUT2D eigenvalue weighted by atomic mass is 35.5. The van der Waals surface area contributed by atoms with Crippen molar-refractivity contribution in [2.75, 3.05) is 44.2 Å². The van der Waals surface area contributed by atoms with Crippen LogP contribution in [0, 0.1) is 5.82 Å². The number of piperazine rings is 2. The molecule has 2 amide bonds. The van der Waals surface area contributed by atoms with E-state index in [-0.39, 0.29) is 71.0 Å². The predicted octanol–water partition coefficient (Wildman–Crippen LogP) is 3.89. The normalized spacial score (nSPS) is 23.2. The number of fused-ring (bicyclic) bond motifs is 2. The van der Waals surface area contributed by atoms with Gasteiger partial charge in [-0.1, -0.05) is 17.7 Å². The van der Waals surface area contributed by atoms with Crippen molar-refractivity contribution in [3.63, 3.8) is 0 Å². The van der Waals surface area contributed by atoms with Gasteiger partial charge in [0.25, 0.3) is 5.91 Å². The van der Waals surface area contributed by atoms with Crippen molar-refractivity contribution < 1.29 is 28.6 Å². The van der Waals surface area contributed by atoms with E-state index in [1.807, 2.05) is 18.7 Å². The number of phenolic OH excluding ortho intramolecular Hbond substituents is 1. The summed E-state index contributed by atoms with van der Waals surface area (Å²) in [4.78, 5) is 36.9. The van der Waals surface area contributed by atoms with Crippen molar-refractivity contribution >= 4 is 29.4 Å². The molecule has 10 nitrogen and oxygen atoms in total. The van der Waals surface area contributed by atoms with Gasteiger partial charge in [0.15, 0.2) is 5.75 Å². The third kappa shape index (κ3) is 5.36. The lowest BCUT2D eigenvalue weighted by Gasteiger charge is -2.41. The summed E-state index contributed by atoms with van der Waals surface area (Å²) in [5.41, 5.74) is -0.630. The van der Waals surface area contributed by atoms with Crippen molar-refractivity contribution in [3.8, 4) is 22.8 Å². The second kappa shape index (κ2) is 10.6. The number of benzene rings is 1. The number of hydrogen-bond acceptors (Lipinski definition) is 8. The first-order valence-corrected chi connectivity index (χ1v) is 13.9. The monoisotopic (exact) mass is 575 g/mol. The molecule has 40 heavy (non-hydrogen) atoms. The van der Waals surface area contributed by atoms with Crippen LogP contribution < -0.4 is 15.0 Å². The number of hydrogen-bond donors (Lipinski definition) is 2. The summed E-state index contributed by atoms with van der Waals surface area (Å²) in [6, 6.07) is 3.68. The number of rotatable bonds is 2. The second-order valence-corrected chi connectivity index (χ2v) is 12.1. The number of phenols is 1. The van der Waals surface area contributed by atoms with Gasteiger partial charge in [-0.2, -0.15) is 0 Å². The first-order valence-electron chi connectivity index (χ1n) is 13.5. The molecule has 0 radical (unpaired) electrons. The van der Waals surface area contributed by atoms with Gasteiger partial charge in [0, 0.05) is 44.8 Å². The quantitative estimate of drug-likeness (QED) is 0.555. The van der Waals surface area contributed by atoms with Gasteiger partial charge in [0.1, 0.15) is 45.9 Å². The Morgan fingerprint density at radius 3 is 2.52 bits per heavy atom. The molecule has 0 aliphatic carbocycles. The highest BCUT2D eigenvalue weighted by molar-refractivity contribution is 6.35. The maximum atomic E-state index is 15.0. The summed E-state index contributed by atoms with van der Waals surface area (Å²) in [5, 5.41) is 14.0. The molecule has 3 aliphatic rings. The van der Waals surface area contributed by atoms with Crippen LogP contribution in [-0.4, -0.2) is 94.9 Å². The maximum absolute atomic E-state index is 15.0. The van der Waals surface area contributed by atoms with Gasteiger partial charge in [-0.05, 0) is 46.8 Å². The molecule has 4 heterocycles. The van der Waals surface area contributed by atoms with Crippen molar-refractivity contribution in [1.82, 2.24) is 20.1 Å². The number of halogens is 2. The number of nitrogens with zero attached hydrogens (tertiary/aromatic N) is 4. The number of amides is 2. The lowest BCUT2D eigenvalue weighted by Crippen LogP contribution is -2.58. The van der Waals surface area contributed by atoms with Crippen LogP contribution in [-0.2, 0) is 4.74 Å². The molecule has 12 heteroatoms. The molecule has 3 atom stereocenters. The Hall–Kier alpha value is -3.31. The van der Waals surface area contributed by atoms with E-state index in [0.717, 1.165) is 0 Å². The largest absolute Gasteiger partial charge is 0.507 e. The second-order valence-electron chi connectivity index (χ2n) is 11.7. The lowest BCUT2D eigenvalue weighted by molar-refractivity contribution is 0.000955. The van der Waals surface area contributed by atoms with Crippen LogP contribution in [0.4, 0.5) is 15.0 Å². The van der Waals surface area contributed by atoms with Crippen molar-refractivity contribution in [3.05, 3.63) is 34.6 Å². The Morgan fingerprint density at radius 2 is 1.88 bits per heavy atom. The van der Waals surface area contributed by atoms with E-state index in [2.05, 4.69) is 5.32 Å². The lowest BCUT2D eigenvalue weighted by atomic mass is 10.0. The zero-order valence-corrected chi connectivity index (χ0v) is 24.1. The summed E-state index contributed by atoms with van der Waals surface area (Å²) in [7, 11) is 0. The summed E-state index contributed by atoms with van der Waals surface area (Å²) in [6.45, 7) is 11.4. The average Bonchev–Trinajstić information content (AvgIpc) is 3.00. The van der Waals surface area contributed by atoms with E-state index in [0.29, 0.717) is 25.5 Å². The smallest absolute Gasteiger partial charge is 0.410 e. The Kier molecular flexibility index (Phi) is 7.47. The molecule has 1 aromatic heterocycles. The number of aromatic nitrogens is 1. The minimum absolute atomic E-state index is 0.00657. The Labute approximate surface area is 238 Å². The minimum atomic E-state index is -0.701. The Bertz CT molecular complexity index is 1300. The van der Waals surface area contributed by atoms with Crippen LogP contribution >= 0.6 is 11.6 Å². The molecule has 5 rings (SSSR count). The Balaban J connectivity index is 1.59. The molecular weight excluding hydrogens is 541 g/mol. The zero-order chi connectivity index (χ0) is 28.9. The van der Waals surface area contributed by atoms with Crippen LogP contribution in [0.25, 0.3) is 11.3 Å². The number of anilines is 1.